The Hall–Kier alpha value is -1.45. The third-order valence-corrected chi connectivity index (χ3v) is 5.50. The summed E-state index contributed by atoms with van der Waals surface area (Å²) in [6.07, 6.45) is 0. The number of sulfonamides is 1. The number of amides is 1. The van der Waals surface area contributed by atoms with Gasteiger partial charge in [0, 0.05) is 9.26 Å². The molecular formula is C17H19IN2O3S. The molecule has 0 bridgehead atoms. The van der Waals surface area contributed by atoms with Crippen LogP contribution in [0.3, 0.4) is 0 Å². The van der Waals surface area contributed by atoms with Gasteiger partial charge in [-0.3, -0.25) is 4.79 Å². The van der Waals surface area contributed by atoms with E-state index < -0.39 is 16.1 Å². The lowest BCUT2D eigenvalue weighted by atomic mass is 10.0. The van der Waals surface area contributed by atoms with Gasteiger partial charge in [-0.05, 0) is 58.8 Å². The first kappa shape index (κ1) is 18.9. The van der Waals surface area contributed by atoms with Crippen molar-refractivity contribution in [3.05, 3.63) is 58.2 Å². The Balaban J connectivity index is 2.19. The maximum Gasteiger partial charge on any atom is 0.242 e. The van der Waals surface area contributed by atoms with Crippen LogP contribution in [0.15, 0.2) is 59.5 Å². The van der Waals surface area contributed by atoms with E-state index in [4.69, 9.17) is 0 Å². The van der Waals surface area contributed by atoms with E-state index in [1.54, 1.807) is 38.1 Å². The fraction of sp³-hybridized carbons (Fsp3) is 0.235. The van der Waals surface area contributed by atoms with Crippen molar-refractivity contribution in [2.75, 3.05) is 5.32 Å². The molecule has 0 radical (unpaired) electrons. The predicted octanol–water partition coefficient (Wildman–Crippen LogP) is 3.23. The molecule has 128 valence electrons. The van der Waals surface area contributed by atoms with Crippen molar-refractivity contribution in [3.8, 4) is 0 Å². The van der Waals surface area contributed by atoms with E-state index in [0.29, 0.717) is 5.69 Å². The highest BCUT2D eigenvalue weighted by molar-refractivity contribution is 14.1. The number of carbonyl (C=O) groups is 1. The first-order chi connectivity index (χ1) is 11.3. The Kier molecular flexibility index (Phi) is 6.36. The quantitative estimate of drug-likeness (QED) is 0.653. The Morgan fingerprint density at radius 3 is 2.29 bits per heavy atom. The van der Waals surface area contributed by atoms with Gasteiger partial charge in [-0.15, -0.1) is 0 Å². The zero-order valence-electron chi connectivity index (χ0n) is 13.4. The van der Waals surface area contributed by atoms with Gasteiger partial charge in [0.1, 0.15) is 6.04 Å². The van der Waals surface area contributed by atoms with Crippen LogP contribution in [0.1, 0.15) is 13.8 Å². The van der Waals surface area contributed by atoms with Gasteiger partial charge in [-0.1, -0.05) is 38.1 Å². The smallest absolute Gasteiger partial charge is 0.242 e. The molecule has 24 heavy (non-hydrogen) atoms. The number of nitrogens with one attached hydrogen (secondary N) is 2. The van der Waals surface area contributed by atoms with Crippen LogP contribution in [-0.4, -0.2) is 20.4 Å². The summed E-state index contributed by atoms with van der Waals surface area (Å²) in [6.45, 7) is 3.60. The van der Waals surface area contributed by atoms with Gasteiger partial charge in [-0.25, -0.2) is 8.42 Å². The first-order valence-electron chi connectivity index (χ1n) is 7.43. The summed E-state index contributed by atoms with van der Waals surface area (Å²) >= 11 is 2.15. The van der Waals surface area contributed by atoms with E-state index in [9.17, 15) is 13.2 Å². The molecule has 2 rings (SSSR count). The molecule has 0 saturated heterocycles. The number of hydrogen-bond acceptors (Lipinski definition) is 3. The second-order valence-corrected chi connectivity index (χ2v) is 8.62. The molecule has 0 aliphatic heterocycles. The van der Waals surface area contributed by atoms with Crippen molar-refractivity contribution in [2.24, 2.45) is 5.92 Å². The van der Waals surface area contributed by atoms with E-state index in [-0.39, 0.29) is 16.7 Å². The maximum absolute atomic E-state index is 12.5. The van der Waals surface area contributed by atoms with E-state index >= 15 is 0 Å². The summed E-state index contributed by atoms with van der Waals surface area (Å²) in [5.74, 6) is -0.585. The number of benzene rings is 2. The van der Waals surface area contributed by atoms with Crippen LogP contribution in [0.25, 0.3) is 0 Å². The average molecular weight is 458 g/mol. The highest BCUT2D eigenvalue weighted by Gasteiger charge is 2.28. The van der Waals surface area contributed by atoms with E-state index in [0.717, 1.165) is 3.57 Å². The number of hydrogen-bond donors (Lipinski definition) is 2. The number of halogens is 1. The molecule has 2 aromatic rings. The van der Waals surface area contributed by atoms with Gasteiger partial charge in [-0.2, -0.15) is 4.72 Å². The van der Waals surface area contributed by atoms with E-state index in [1.807, 2.05) is 18.2 Å². The zero-order valence-corrected chi connectivity index (χ0v) is 16.3. The summed E-state index contributed by atoms with van der Waals surface area (Å²) in [4.78, 5) is 12.7. The topological polar surface area (TPSA) is 75.3 Å². The first-order valence-corrected chi connectivity index (χ1v) is 9.99. The van der Waals surface area contributed by atoms with Crippen molar-refractivity contribution in [1.82, 2.24) is 4.72 Å². The molecule has 7 heteroatoms. The van der Waals surface area contributed by atoms with Crippen molar-refractivity contribution in [1.29, 1.82) is 0 Å². The maximum atomic E-state index is 12.5. The molecule has 1 atom stereocenters. The van der Waals surface area contributed by atoms with Gasteiger partial charge < -0.3 is 5.32 Å². The minimum atomic E-state index is -3.76. The lowest BCUT2D eigenvalue weighted by Gasteiger charge is -2.21. The number of anilines is 1. The Morgan fingerprint density at radius 2 is 1.71 bits per heavy atom. The van der Waals surface area contributed by atoms with Crippen molar-refractivity contribution in [3.63, 3.8) is 0 Å². The lowest BCUT2D eigenvalue weighted by Crippen LogP contribution is -2.47. The molecule has 1 unspecified atom stereocenters. The molecule has 1 amide bonds. The van der Waals surface area contributed by atoms with Crippen LogP contribution in [0.4, 0.5) is 5.69 Å². The van der Waals surface area contributed by atoms with E-state index in [1.165, 1.54) is 12.1 Å². The van der Waals surface area contributed by atoms with Crippen LogP contribution in [0, 0.1) is 9.49 Å². The molecule has 0 spiro atoms. The largest absolute Gasteiger partial charge is 0.325 e. The fourth-order valence-electron chi connectivity index (χ4n) is 2.11. The SMILES string of the molecule is CC(C)C(NS(=O)(=O)c1ccccc1)C(=O)Nc1cccc(I)c1. The Labute approximate surface area is 156 Å². The number of rotatable bonds is 6. The van der Waals surface area contributed by atoms with Crippen LogP contribution in [0.2, 0.25) is 0 Å². The van der Waals surface area contributed by atoms with Gasteiger partial charge >= 0.3 is 0 Å². The summed E-state index contributed by atoms with van der Waals surface area (Å²) in [5.41, 5.74) is 0.636. The fourth-order valence-corrected chi connectivity index (χ4v) is 4.02. The van der Waals surface area contributed by atoms with Crippen LogP contribution in [0.5, 0.6) is 0 Å². The molecule has 5 nitrogen and oxygen atoms in total. The van der Waals surface area contributed by atoms with Gasteiger partial charge in [0.25, 0.3) is 0 Å². The monoisotopic (exact) mass is 458 g/mol. The standard InChI is InChI=1S/C17H19IN2O3S/c1-12(2)16(17(21)19-14-8-6-7-13(18)11-14)20-24(22,23)15-9-4-3-5-10-15/h3-12,16,20H,1-2H3,(H,19,21). The second kappa shape index (κ2) is 8.09. The van der Waals surface area contributed by atoms with Crippen molar-refractivity contribution in [2.45, 2.75) is 24.8 Å². The molecule has 0 aliphatic carbocycles. The molecule has 0 aromatic heterocycles. The highest BCUT2D eigenvalue weighted by atomic mass is 127. The summed E-state index contributed by atoms with van der Waals surface area (Å²) in [7, 11) is -3.76. The molecule has 0 saturated carbocycles. The third-order valence-electron chi connectivity index (χ3n) is 3.38. The van der Waals surface area contributed by atoms with Gasteiger partial charge in [0.2, 0.25) is 15.9 Å². The van der Waals surface area contributed by atoms with Crippen LogP contribution in [-0.2, 0) is 14.8 Å². The van der Waals surface area contributed by atoms with Crippen molar-refractivity contribution < 1.29 is 13.2 Å². The molecule has 0 aliphatic rings. The molecular weight excluding hydrogens is 439 g/mol. The van der Waals surface area contributed by atoms with Crippen LogP contribution < -0.4 is 10.0 Å². The van der Waals surface area contributed by atoms with Crippen LogP contribution >= 0.6 is 22.6 Å². The summed E-state index contributed by atoms with van der Waals surface area (Å²) in [6, 6.07) is 14.5. The van der Waals surface area contributed by atoms with Gasteiger partial charge in [0.05, 0.1) is 4.90 Å². The Morgan fingerprint density at radius 1 is 1.04 bits per heavy atom. The highest BCUT2D eigenvalue weighted by Crippen LogP contribution is 2.16. The Bertz CT molecular complexity index is 808. The molecule has 2 aromatic carbocycles. The average Bonchev–Trinajstić information content (AvgIpc) is 2.53. The molecule has 0 fully saturated rings. The normalized spacial score (nSPS) is 12.8. The minimum Gasteiger partial charge on any atom is -0.325 e. The second-order valence-electron chi connectivity index (χ2n) is 5.66. The summed E-state index contributed by atoms with van der Waals surface area (Å²) in [5, 5.41) is 2.77. The summed E-state index contributed by atoms with van der Waals surface area (Å²) < 4.78 is 28.4. The molecule has 0 heterocycles. The third kappa shape index (κ3) is 5.02. The predicted molar refractivity (Wildman–Crippen MR) is 103 cm³/mol. The van der Waals surface area contributed by atoms with E-state index in [2.05, 4.69) is 32.6 Å². The van der Waals surface area contributed by atoms with Crippen molar-refractivity contribution >= 4 is 44.2 Å². The molecule has 2 N–H and O–H groups in total. The lowest BCUT2D eigenvalue weighted by molar-refractivity contribution is -0.118. The number of carbonyl (C=O) groups excluding carboxylic acids is 1. The minimum absolute atomic E-state index is 0.137. The zero-order chi connectivity index (χ0) is 17.7. The van der Waals surface area contributed by atoms with Gasteiger partial charge in [0.15, 0.2) is 0 Å².